The van der Waals surface area contributed by atoms with Crippen LogP contribution in [0.2, 0.25) is 0 Å². The van der Waals surface area contributed by atoms with Gasteiger partial charge in [0.15, 0.2) is 11.5 Å². The highest BCUT2D eigenvalue weighted by molar-refractivity contribution is 6.04. The number of carbonyl (C=O) groups is 1. The molecule has 1 aromatic carbocycles. The molecule has 0 bridgehead atoms. The summed E-state index contributed by atoms with van der Waals surface area (Å²) in [6, 6.07) is 3.43. The number of benzene rings is 1. The average molecular weight is 359 g/mol. The number of hydrogen-bond acceptors (Lipinski definition) is 5. The fourth-order valence-corrected chi connectivity index (χ4v) is 2.77. The smallest absolute Gasteiger partial charge is 0.354 e. The molecule has 0 aliphatic heterocycles. The number of nitrogens with zero attached hydrogens (tertiary/aromatic N) is 3. The molecule has 2 aromatic rings. The third-order valence-electron chi connectivity index (χ3n) is 4.16. The number of aromatic carboxylic acids is 1. The number of aromatic hydroxyl groups is 1. The molecule has 2 rings (SSSR count). The van der Waals surface area contributed by atoms with Gasteiger partial charge < -0.3 is 15.4 Å². The van der Waals surface area contributed by atoms with Gasteiger partial charge in [0.2, 0.25) is 0 Å². The van der Waals surface area contributed by atoms with E-state index in [1.165, 1.54) is 17.1 Å². The van der Waals surface area contributed by atoms with Crippen LogP contribution in [0, 0.1) is 0 Å². The van der Waals surface area contributed by atoms with Crippen molar-refractivity contribution in [1.82, 2.24) is 9.55 Å². The number of phenolic OH excluding ortho intramolecular Hbond substituents is 1. The first kappa shape index (κ1) is 19.5. The van der Waals surface area contributed by atoms with Gasteiger partial charge in [-0.1, -0.05) is 46.7 Å². The fourth-order valence-electron chi connectivity index (χ4n) is 2.77. The van der Waals surface area contributed by atoms with Gasteiger partial charge in [-0.15, -0.1) is 0 Å². The number of oxime groups is 1. The maximum absolute atomic E-state index is 11.4. The van der Waals surface area contributed by atoms with Crippen molar-refractivity contribution in [3.05, 3.63) is 47.0 Å². The van der Waals surface area contributed by atoms with Gasteiger partial charge in [0.05, 0.1) is 6.20 Å². The van der Waals surface area contributed by atoms with Crippen LogP contribution in [0.3, 0.4) is 0 Å². The molecule has 0 fully saturated rings. The van der Waals surface area contributed by atoms with E-state index >= 15 is 0 Å². The van der Waals surface area contributed by atoms with Crippen LogP contribution in [0.25, 0.3) is 0 Å². The van der Waals surface area contributed by atoms with Crippen molar-refractivity contribution < 1.29 is 20.2 Å². The lowest BCUT2D eigenvalue weighted by molar-refractivity contribution is 0.0689. The predicted molar refractivity (Wildman–Crippen MR) is 98.4 cm³/mol. The van der Waals surface area contributed by atoms with Gasteiger partial charge in [0.25, 0.3) is 0 Å². The minimum Gasteiger partial charge on any atom is -0.507 e. The third kappa shape index (κ3) is 3.56. The van der Waals surface area contributed by atoms with Crippen molar-refractivity contribution in [2.45, 2.75) is 52.4 Å². The third-order valence-corrected chi connectivity index (χ3v) is 4.16. The Morgan fingerprint density at radius 3 is 1.96 bits per heavy atom. The summed E-state index contributed by atoms with van der Waals surface area (Å²) in [6.07, 6.45) is 2.46. The summed E-state index contributed by atoms with van der Waals surface area (Å²) in [5, 5.41) is 33.0. The summed E-state index contributed by atoms with van der Waals surface area (Å²) in [7, 11) is 0. The second kappa shape index (κ2) is 6.48. The Morgan fingerprint density at radius 2 is 1.58 bits per heavy atom. The van der Waals surface area contributed by atoms with Gasteiger partial charge in [-0.25, -0.2) is 9.78 Å². The molecule has 26 heavy (non-hydrogen) atoms. The van der Waals surface area contributed by atoms with E-state index in [1.807, 2.05) is 41.5 Å². The van der Waals surface area contributed by atoms with Crippen LogP contribution in [0.1, 0.15) is 68.7 Å². The molecule has 0 spiro atoms. The quantitative estimate of drug-likeness (QED) is 0.329. The van der Waals surface area contributed by atoms with Gasteiger partial charge in [-0.05, 0) is 23.0 Å². The molecule has 0 radical (unpaired) electrons. The van der Waals surface area contributed by atoms with Gasteiger partial charge in [-0.2, -0.15) is 0 Å². The van der Waals surface area contributed by atoms with E-state index < -0.39 is 5.97 Å². The molecular formula is C19H25N3O4. The Kier molecular flexibility index (Phi) is 4.86. The SMILES string of the molecule is CC(C)(C)c1cc(C(=NO)n2cncc2C(=O)O)cc(C(C)(C)C)c1O. The van der Waals surface area contributed by atoms with Crippen LogP contribution < -0.4 is 0 Å². The Balaban J connectivity index is 2.80. The van der Waals surface area contributed by atoms with Crippen molar-refractivity contribution in [3.8, 4) is 5.75 Å². The lowest BCUT2D eigenvalue weighted by Gasteiger charge is -2.28. The number of carboxylic acids is 1. The normalized spacial score (nSPS) is 13.1. The topological polar surface area (TPSA) is 108 Å². The Labute approximate surface area is 152 Å². The largest absolute Gasteiger partial charge is 0.507 e. The maximum Gasteiger partial charge on any atom is 0.354 e. The highest BCUT2D eigenvalue weighted by Crippen LogP contribution is 2.40. The second-order valence-electron chi connectivity index (χ2n) is 8.30. The highest BCUT2D eigenvalue weighted by Gasteiger charge is 2.28. The predicted octanol–water partition coefficient (Wildman–Crippen LogP) is 3.57. The number of hydrogen-bond donors (Lipinski definition) is 3. The van der Waals surface area contributed by atoms with Gasteiger partial charge in [0, 0.05) is 16.7 Å². The zero-order valence-electron chi connectivity index (χ0n) is 15.9. The van der Waals surface area contributed by atoms with Gasteiger partial charge in [-0.3, -0.25) is 4.57 Å². The molecule has 0 saturated heterocycles. The zero-order chi connectivity index (χ0) is 19.9. The summed E-state index contributed by atoms with van der Waals surface area (Å²) in [5.74, 6) is -0.972. The van der Waals surface area contributed by atoms with Crippen LogP contribution in [0.5, 0.6) is 5.75 Å². The monoisotopic (exact) mass is 359 g/mol. The van der Waals surface area contributed by atoms with E-state index in [-0.39, 0.29) is 28.1 Å². The number of aromatic nitrogens is 2. The van der Waals surface area contributed by atoms with E-state index in [0.717, 1.165) is 0 Å². The second-order valence-corrected chi connectivity index (χ2v) is 8.30. The first-order chi connectivity index (χ1) is 11.9. The van der Waals surface area contributed by atoms with Crippen molar-refractivity contribution in [2.75, 3.05) is 0 Å². The molecule has 7 heteroatoms. The maximum atomic E-state index is 11.4. The van der Waals surface area contributed by atoms with Crippen molar-refractivity contribution in [2.24, 2.45) is 5.16 Å². The number of carboxylic acid groups (broad SMARTS) is 1. The van der Waals surface area contributed by atoms with Gasteiger partial charge in [0.1, 0.15) is 12.1 Å². The molecule has 0 unspecified atom stereocenters. The lowest BCUT2D eigenvalue weighted by atomic mass is 9.78. The van der Waals surface area contributed by atoms with Gasteiger partial charge >= 0.3 is 5.97 Å². The average Bonchev–Trinajstić information content (AvgIpc) is 2.96. The highest BCUT2D eigenvalue weighted by atomic mass is 16.4. The molecule has 0 atom stereocenters. The molecule has 0 aliphatic carbocycles. The molecule has 140 valence electrons. The summed E-state index contributed by atoms with van der Waals surface area (Å²) in [6.45, 7) is 11.8. The van der Waals surface area contributed by atoms with Crippen molar-refractivity contribution in [1.29, 1.82) is 0 Å². The summed E-state index contributed by atoms with van der Waals surface area (Å²) < 4.78 is 1.20. The molecular weight excluding hydrogens is 334 g/mol. The molecule has 0 aliphatic rings. The summed E-state index contributed by atoms with van der Waals surface area (Å²) in [4.78, 5) is 15.2. The summed E-state index contributed by atoms with van der Waals surface area (Å²) >= 11 is 0. The molecule has 0 amide bonds. The van der Waals surface area contributed by atoms with Crippen molar-refractivity contribution in [3.63, 3.8) is 0 Å². The fraction of sp³-hybridized carbons (Fsp3) is 0.421. The number of phenols is 1. The van der Waals surface area contributed by atoms with E-state index in [2.05, 4.69) is 10.1 Å². The lowest BCUT2D eigenvalue weighted by Crippen LogP contribution is -2.22. The first-order valence-electron chi connectivity index (χ1n) is 8.24. The van der Waals surface area contributed by atoms with Crippen LogP contribution in [-0.2, 0) is 10.8 Å². The Bertz CT molecular complexity index is 833. The van der Waals surface area contributed by atoms with Crippen LogP contribution in [0.4, 0.5) is 0 Å². The summed E-state index contributed by atoms with van der Waals surface area (Å²) in [5.41, 5.74) is 0.980. The Morgan fingerprint density at radius 1 is 1.08 bits per heavy atom. The number of imidazole rings is 1. The Hall–Kier alpha value is -2.83. The van der Waals surface area contributed by atoms with E-state index in [4.69, 9.17) is 0 Å². The van der Waals surface area contributed by atoms with E-state index in [0.29, 0.717) is 16.7 Å². The minimum absolute atomic E-state index is 0.0240. The molecule has 1 aromatic heterocycles. The zero-order valence-corrected chi connectivity index (χ0v) is 15.9. The van der Waals surface area contributed by atoms with Crippen LogP contribution in [-0.4, -0.2) is 36.8 Å². The molecule has 1 heterocycles. The number of rotatable bonds is 2. The molecule has 3 N–H and O–H groups in total. The van der Waals surface area contributed by atoms with E-state index in [9.17, 15) is 20.2 Å². The molecule has 0 saturated carbocycles. The van der Waals surface area contributed by atoms with E-state index in [1.54, 1.807) is 12.1 Å². The molecule has 7 nitrogen and oxygen atoms in total. The minimum atomic E-state index is -1.19. The first-order valence-corrected chi connectivity index (χ1v) is 8.24. The van der Waals surface area contributed by atoms with Crippen LogP contribution >= 0.6 is 0 Å². The standard InChI is InChI=1S/C19H25N3O4/c1-18(2,3)12-7-11(8-13(15(12)23)19(4,5)6)16(21-26)22-10-20-9-14(22)17(24)25/h7-10,23,26H,1-6H3,(H,24,25). The van der Waals surface area contributed by atoms with Crippen LogP contribution in [0.15, 0.2) is 29.8 Å². The van der Waals surface area contributed by atoms with Crippen molar-refractivity contribution >= 4 is 11.8 Å².